The number of fused-ring (bicyclic) bond motifs is 1. The van der Waals surface area contributed by atoms with Crippen LogP contribution in [0.5, 0.6) is 0 Å². The van der Waals surface area contributed by atoms with E-state index in [9.17, 15) is 13.2 Å². The molecule has 18 heavy (non-hydrogen) atoms. The van der Waals surface area contributed by atoms with Crippen molar-refractivity contribution in [2.24, 2.45) is 0 Å². The Labute approximate surface area is 114 Å². The van der Waals surface area contributed by atoms with Gasteiger partial charge in [-0.3, -0.25) is 4.79 Å². The number of hydrogen-bond acceptors (Lipinski definition) is 3. The summed E-state index contributed by atoms with van der Waals surface area (Å²) in [4.78, 5) is 11.4. The highest BCUT2D eigenvalue weighted by Gasteiger charge is 2.47. The molecule has 2 rings (SSSR count). The zero-order chi connectivity index (χ0) is 13.7. The molecule has 0 unspecified atom stereocenters. The minimum Gasteiger partial charge on any atom is -0.480 e. The summed E-state index contributed by atoms with van der Waals surface area (Å²) >= 11 is 3.27. The maximum Gasteiger partial charge on any atom is 0.324 e. The van der Waals surface area contributed by atoms with Crippen molar-refractivity contribution < 1.29 is 18.3 Å². The largest absolute Gasteiger partial charge is 0.480 e. The van der Waals surface area contributed by atoms with Crippen molar-refractivity contribution in [3.63, 3.8) is 0 Å². The van der Waals surface area contributed by atoms with Crippen molar-refractivity contribution in [2.45, 2.75) is 30.8 Å². The average molecular weight is 334 g/mol. The second-order valence-electron chi connectivity index (χ2n) is 4.63. The zero-order valence-electron chi connectivity index (χ0n) is 9.84. The highest BCUT2D eigenvalue weighted by Crippen LogP contribution is 2.36. The van der Waals surface area contributed by atoms with Gasteiger partial charge < -0.3 is 5.11 Å². The first-order chi connectivity index (χ1) is 8.17. The van der Waals surface area contributed by atoms with Gasteiger partial charge in [0.2, 0.25) is 10.0 Å². The summed E-state index contributed by atoms with van der Waals surface area (Å²) in [6.45, 7) is 2.85. The maximum absolute atomic E-state index is 12.3. The Morgan fingerprint density at radius 2 is 2.06 bits per heavy atom. The van der Waals surface area contributed by atoms with Gasteiger partial charge in [0, 0.05) is 11.0 Å². The van der Waals surface area contributed by atoms with Crippen LogP contribution in [0.25, 0.3) is 0 Å². The lowest BCUT2D eigenvalue weighted by Gasteiger charge is -2.29. The smallest absolute Gasteiger partial charge is 0.324 e. The summed E-state index contributed by atoms with van der Waals surface area (Å²) in [7, 11) is -3.73. The molecule has 1 aromatic rings. The van der Waals surface area contributed by atoms with Crippen molar-refractivity contribution in [3.05, 3.63) is 28.2 Å². The highest BCUT2D eigenvalue weighted by atomic mass is 79.9. The molecule has 0 fully saturated rings. The summed E-state index contributed by atoms with van der Waals surface area (Å²) < 4.78 is 26.4. The van der Waals surface area contributed by atoms with E-state index in [1.165, 1.54) is 19.9 Å². The van der Waals surface area contributed by atoms with E-state index in [-0.39, 0.29) is 11.4 Å². The number of hydrogen-bond donors (Lipinski definition) is 1. The molecule has 1 aliphatic heterocycles. The van der Waals surface area contributed by atoms with Crippen LogP contribution < -0.4 is 0 Å². The minimum atomic E-state index is -3.73. The number of carboxylic acids is 1. The van der Waals surface area contributed by atoms with Gasteiger partial charge in [0.05, 0.1) is 4.90 Å². The molecule has 1 N–H and O–H groups in total. The van der Waals surface area contributed by atoms with Gasteiger partial charge in [-0.05, 0) is 37.6 Å². The zero-order valence-corrected chi connectivity index (χ0v) is 12.2. The van der Waals surface area contributed by atoms with Crippen LogP contribution in [-0.4, -0.2) is 29.3 Å². The van der Waals surface area contributed by atoms with Gasteiger partial charge in [-0.1, -0.05) is 15.9 Å². The van der Waals surface area contributed by atoms with Crippen LogP contribution in [0.15, 0.2) is 27.6 Å². The Bertz CT molecular complexity index is 624. The second-order valence-corrected chi connectivity index (χ2v) is 7.37. The second kappa shape index (κ2) is 4.04. The van der Waals surface area contributed by atoms with E-state index in [0.29, 0.717) is 5.56 Å². The Kier molecular flexibility index (Phi) is 3.03. The molecule has 98 valence electrons. The first-order valence-corrected chi connectivity index (χ1v) is 7.45. The number of halogens is 1. The molecule has 0 atom stereocenters. The molecule has 0 amide bonds. The third-order valence-electron chi connectivity index (χ3n) is 3.05. The first kappa shape index (κ1) is 13.5. The molecule has 7 heteroatoms. The van der Waals surface area contributed by atoms with E-state index in [1.807, 2.05) is 0 Å². The van der Waals surface area contributed by atoms with Crippen molar-refractivity contribution >= 4 is 31.9 Å². The lowest BCUT2D eigenvalue weighted by Crippen LogP contribution is -2.49. The van der Waals surface area contributed by atoms with Crippen LogP contribution in [-0.2, 0) is 21.4 Å². The molecule has 0 aromatic heterocycles. The van der Waals surface area contributed by atoms with Gasteiger partial charge in [0.15, 0.2) is 0 Å². The molecule has 0 bridgehead atoms. The quantitative estimate of drug-likeness (QED) is 0.895. The lowest BCUT2D eigenvalue weighted by molar-refractivity contribution is -0.146. The van der Waals surface area contributed by atoms with Gasteiger partial charge in [0.25, 0.3) is 0 Å². The topological polar surface area (TPSA) is 74.7 Å². The summed E-state index contributed by atoms with van der Waals surface area (Å²) in [5.74, 6) is -1.17. The molecule has 5 nitrogen and oxygen atoms in total. The fourth-order valence-corrected chi connectivity index (χ4v) is 4.22. The van der Waals surface area contributed by atoms with E-state index >= 15 is 0 Å². The number of carbonyl (C=O) groups is 1. The third kappa shape index (κ3) is 1.86. The maximum atomic E-state index is 12.3. The molecule has 0 radical (unpaired) electrons. The summed E-state index contributed by atoms with van der Waals surface area (Å²) in [6, 6.07) is 4.82. The average Bonchev–Trinajstić information content (AvgIpc) is 2.50. The fourth-order valence-electron chi connectivity index (χ4n) is 1.89. The van der Waals surface area contributed by atoms with Crippen LogP contribution >= 0.6 is 15.9 Å². The minimum absolute atomic E-state index is 0.0798. The lowest BCUT2D eigenvalue weighted by atomic mass is 10.1. The monoisotopic (exact) mass is 333 g/mol. The number of aliphatic carboxylic acids is 1. The molecule has 0 spiro atoms. The molecule has 1 aromatic carbocycles. The fraction of sp³-hybridized carbons (Fsp3) is 0.364. The summed E-state index contributed by atoms with van der Waals surface area (Å²) in [6.07, 6.45) is 0. The van der Waals surface area contributed by atoms with E-state index < -0.39 is 21.5 Å². The third-order valence-corrected chi connectivity index (χ3v) is 5.66. The molecular weight excluding hydrogens is 322 g/mol. The molecule has 0 aliphatic carbocycles. The van der Waals surface area contributed by atoms with Gasteiger partial charge in [-0.2, -0.15) is 4.31 Å². The Balaban J connectivity index is 2.57. The van der Waals surface area contributed by atoms with Gasteiger partial charge in [0.1, 0.15) is 5.54 Å². The number of carboxylic acid groups (broad SMARTS) is 1. The van der Waals surface area contributed by atoms with Crippen molar-refractivity contribution in [1.29, 1.82) is 0 Å². The van der Waals surface area contributed by atoms with Crippen LogP contribution in [0.1, 0.15) is 19.4 Å². The number of nitrogens with zero attached hydrogens (tertiary/aromatic N) is 1. The molecule has 1 heterocycles. The molecule has 1 aliphatic rings. The highest BCUT2D eigenvalue weighted by molar-refractivity contribution is 9.10. The van der Waals surface area contributed by atoms with E-state index in [0.717, 1.165) is 8.78 Å². The molecule has 0 saturated carbocycles. The Morgan fingerprint density at radius 1 is 1.44 bits per heavy atom. The number of rotatable bonds is 2. The van der Waals surface area contributed by atoms with Crippen molar-refractivity contribution in [3.8, 4) is 0 Å². The Morgan fingerprint density at radius 3 is 2.61 bits per heavy atom. The van der Waals surface area contributed by atoms with Gasteiger partial charge in [-0.25, -0.2) is 8.42 Å². The van der Waals surface area contributed by atoms with Crippen LogP contribution in [0.4, 0.5) is 0 Å². The van der Waals surface area contributed by atoms with Crippen LogP contribution in [0.3, 0.4) is 0 Å². The normalized spacial score (nSPS) is 18.6. The Hall–Kier alpha value is -0.920. The molecular formula is C11H12BrNO4S. The predicted octanol–water partition coefficient (Wildman–Crippen LogP) is 1.82. The first-order valence-electron chi connectivity index (χ1n) is 5.22. The van der Waals surface area contributed by atoms with Crippen LogP contribution in [0, 0.1) is 0 Å². The van der Waals surface area contributed by atoms with Crippen molar-refractivity contribution in [2.75, 3.05) is 0 Å². The standard InChI is InChI=1S/C11H12BrNO4S/c1-11(2,10(14)15)13-6-7-5-8(12)3-4-9(7)18(13,16)17/h3-5H,6H2,1-2H3,(H,14,15). The van der Waals surface area contributed by atoms with E-state index in [2.05, 4.69) is 15.9 Å². The summed E-state index contributed by atoms with van der Waals surface area (Å²) in [5.41, 5.74) is -0.858. The summed E-state index contributed by atoms with van der Waals surface area (Å²) in [5, 5.41) is 9.15. The number of sulfonamides is 1. The van der Waals surface area contributed by atoms with Gasteiger partial charge in [-0.15, -0.1) is 0 Å². The van der Waals surface area contributed by atoms with Crippen LogP contribution in [0.2, 0.25) is 0 Å². The van der Waals surface area contributed by atoms with Crippen molar-refractivity contribution in [1.82, 2.24) is 4.31 Å². The van der Waals surface area contributed by atoms with E-state index in [4.69, 9.17) is 5.11 Å². The van der Waals surface area contributed by atoms with Gasteiger partial charge >= 0.3 is 5.97 Å². The predicted molar refractivity (Wildman–Crippen MR) is 68.6 cm³/mol. The van der Waals surface area contributed by atoms with E-state index in [1.54, 1.807) is 12.1 Å². The molecule has 0 saturated heterocycles. The number of benzene rings is 1. The SMILES string of the molecule is CC(C)(C(=O)O)N1Cc2cc(Br)ccc2S1(=O)=O.